The quantitative estimate of drug-likeness (QED) is 0.824. The molecule has 0 aromatic heterocycles. The van der Waals surface area contributed by atoms with Crippen LogP contribution in [0.4, 0.5) is 0 Å². The second-order valence-corrected chi connectivity index (χ2v) is 7.19. The Kier molecular flexibility index (Phi) is 3.42. The fourth-order valence-electron chi connectivity index (χ4n) is 4.03. The lowest BCUT2D eigenvalue weighted by Crippen LogP contribution is -2.25. The zero-order valence-electron chi connectivity index (χ0n) is 12.2. The Hall–Kier alpha value is -0.820. The van der Waals surface area contributed by atoms with Gasteiger partial charge < -0.3 is 5.11 Å². The normalized spacial score (nSPS) is 28.1. The highest BCUT2D eigenvalue weighted by Crippen LogP contribution is 2.50. The van der Waals surface area contributed by atoms with E-state index < -0.39 is 0 Å². The van der Waals surface area contributed by atoms with Gasteiger partial charge in [-0.2, -0.15) is 0 Å². The number of benzene rings is 1. The van der Waals surface area contributed by atoms with Gasteiger partial charge >= 0.3 is 0 Å². The molecule has 1 aromatic carbocycles. The third kappa shape index (κ3) is 2.33. The monoisotopic (exact) mass is 258 g/mol. The molecule has 0 aliphatic heterocycles. The van der Waals surface area contributed by atoms with Crippen LogP contribution in [-0.2, 0) is 0 Å². The molecule has 0 spiro atoms. The molecule has 2 fully saturated rings. The van der Waals surface area contributed by atoms with Gasteiger partial charge in [-0.1, -0.05) is 51.0 Å². The van der Waals surface area contributed by atoms with Gasteiger partial charge in [-0.3, -0.25) is 0 Å². The van der Waals surface area contributed by atoms with Crippen LogP contribution in [-0.4, -0.2) is 5.11 Å². The molecule has 0 amide bonds. The summed E-state index contributed by atoms with van der Waals surface area (Å²) >= 11 is 0. The first-order valence-electron chi connectivity index (χ1n) is 7.86. The summed E-state index contributed by atoms with van der Waals surface area (Å²) in [5, 5.41) is 10.9. The van der Waals surface area contributed by atoms with Crippen LogP contribution >= 0.6 is 0 Å². The highest BCUT2D eigenvalue weighted by Gasteiger charge is 2.40. The molecule has 3 rings (SSSR count). The minimum absolute atomic E-state index is 0.269. The van der Waals surface area contributed by atoms with Crippen LogP contribution < -0.4 is 0 Å². The number of rotatable bonds is 3. The number of hydrogen-bond donors (Lipinski definition) is 1. The van der Waals surface area contributed by atoms with Gasteiger partial charge in [0.05, 0.1) is 6.10 Å². The van der Waals surface area contributed by atoms with E-state index in [1.54, 1.807) is 0 Å². The molecule has 0 saturated heterocycles. The molecule has 0 bridgehead atoms. The van der Waals surface area contributed by atoms with Gasteiger partial charge in [0.2, 0.25) is 0 Å². The Morgan fingerprint density at radius 1 is 1.11 bits per heavy atom. The van der Waals surface area contributed by atoms with Crippen molar-refractivity contribution >= 4 is 0 Å². The first-order valence-corrected chi connectivity index (χ1v) is 7.86. The van der Waals surface area contributed by atoms with Crippen molar-refractivity contribution in [2.24, 2.45) is 11.3 Å². The van der Waals surface area contributed by atoms with Gasteiger partial charge in [0.1, 0.15) is 0 Å². The average molecular weight is 258 g/mol. The van der Waals surface area contributed by atoms with E-state index in [1.807, 2.05) is 0 Å². The first kappa shape index (κ1) is 13.2. The fraction of sp³-hybridized carbons (Fsp3) is 0.667. The minimum Gasteiger partial charge on any atom is -0.388 e. The highest BCUT2D eigenvalue weighted by atomic mass is 16.3. The molecule has 0 radical (unpaired) electrons. The van der Waals surface area contributed by atoms with Gasteiger partial charge in [0.15, 0.2) is 0 Å². The van der Waals surface area contributed by atoms with Crippen molar-refractivity contribution in [1.29, 1.82) is 0 Å². The van der Waals surface area contributed by atoms with Crippen molar-refractivity contribution in [3.8, 4) is 0 Å². The largest absolute Gasteiger partial charge is 0.388 e. The lowest BCUT2D eigenvalue weighted by molar-refractivity contribution is 0.0519. The summed E-state index contributed by atoms with van der Waals surface area (Å²) in [6, 6.07) is 8.61. The van der Waals surface area contributed by atoms with Crippen molar-refractivity contribution in [2.75, 3.05) is 0 Å². The van der Waals surface area contributed by atoms with Crippen LogP contribution in [0.25, 0.3) is 0 Å². The van der Waals surface area contributed by atoms with Crippen molar-refractivity contribution in [1.82, 2.24) is 0 Å². The van der Waals surface area contributed by atoms with Crippen LogP contribution in [0.3, 0.4) is 0 Å². The van der Waals surface area contributed by atoms with Gasteiger partial charge in [-0.05, 0) is 54.1 Å². The zero-order valence-corrected chi connectivity index (χ0v) is 12.2. The van der Waals surface area contributed by atoms with E-state index in [-0.39, 0.29) is 11.5 Å². The lowest BCUT2D eigenvalue weighted by Gasteiger charge is -2.35. The molecule has 2 aliphatic rings. The molecule has 2 unspecified atom stereocenters. The summed E-state index contributed by atoms with van der Waals surface area (Å²) in [5.74, 6) is 1.13. The Balaban J connectivity index is 1.89. The third-order valence-electron chi connectivity index (χ3n) is 5.58. The molecule has 1 N–H and O–H groups in total. The van der Waals surface area contributed by atoms with Crippen molar-refractivity contribution in [2.45, 2.75) is 64.4 Å². The minimum atomic E-state index is -0.269. The molecule has 2 atom stereocenters. The summed E-state index contributed by atoms with van der Waals surface area (Å²) in [4.78, 5) is 0. The van der Waals surface area contributed by atoms with E-state index >= 15 is 0 Å². The molecule has 1 nitrogen and oxygen atoms in total. The van der Waals surface area contributed by atoms with E-state index in [9.17, 15) is 5.11 Å². The maximum atomic E-state index is 10.9. The molecular formula is C18H26O. The summed E-state index contributed by atoms with van der Waals surface area (Å²) in [5.41, 5.74) is 2.92. The second-order valence-electron chi connectivity index (χ2n) is 7.19. The molecule has 0 heterocycles. The maximum Gasteiger partial charge on any atom is 0.0826 e. The third-order valence-corrected chi connectivity index (χ3v) is 5.58. The molecule has 1 heteroatoms. The summed E-state index contributed by atoms with van der Waals surface area (Å²) in [7, 11) is 0. The zero-order chi connectivity index (χ0) is 13.5. The molecule has 2 aliphatic carbocycles. The van der Waals surface area contributed by atoms with Crippen molar-refractivity contribution in [3.05, 3.63) is 35.4 Å². The molecule has 19 heavy (non-hydrogen) atoms. The summed E-state index contributed by atoms with van der Waals surface area (Å²) in [6.07, 6.45) is 7.38. The summed E-state index contributed by atoms with van der Waals surface area (Å²) in [6.45, 7) is 4.64. The predicted molar refractivity (Wildman–Crippen MR) is 79.1 cm³/mol. The van der Waals surface area contributed by atoms with Crippen LogP contribution in [0.15, 0.2) is 24.3 Å². The Bertz CT molecular complexity index is 445. The fourth-order valence-corrected chi connectivity index (χ4v) is 4.03. The van der Waals surface area contributed by atoms with Crippen LogP contribution in [0.5, 0.6) is 0 Å². The van der Waals surface area contributed by atoms with E-state index in [0.29, 0.717) is 11.8 Å². The van der Waals surface area contributed by atoms with Gasteiger partial charge in [-0.15, -0.1) is 0 Å². The van der Waals surface area contributed by atoms with Crippen molar-refractivity contribution < 1.29 is 5.11 Å². The van der Waals surface area contributed by atoms with Crippen LogP contribution in [0.2, 0.25) is 0 Å². The number of aliphatic hydroxyl groups is 1. The van der Waals surface area contributed by atoms with Gasteiger partial charge in [0.25, 0.3) is 0 Å². The lowest BCUT2D eigenvalue weighted by atomic mass is 9.72. The second kappa shape index (κ2) is 4.94. The first-order chi connectivity index (χ1) is 9.09. The Morgan fingerprint density at radius 3 is 2.42 bits per heavy atom. The van der Waals surface area contributed by atoms with Crippen LogP contribution in [0, 0.1) is 11.3 Å². The average Bonchev–Trinajstić information content (AvgIpc) is 2.67. The number of aliphatic hydroxyl groups excluding tert-OH is 1. The SMILES string of the molecule is CC1(C)CCCC1C(O)c1ccccc1C1CCC1. The van der Waals surface area contributed by atoms with E-state index in [1.165, 1.54) is 49.7 Å². The smallest absolute Gasteiger partial charge is 0.0826 e. The summed E-state index contributed by atoms with van der Waals surface area (Å²) < 4.78 is 0. The Labute approximate surface area is 117 Å². The number of hydrogen-bond acceptors (Lipinski definition) is 1. The maximum absolute atomic E-state index is 10.9. The topological polar surface area (TPSA) is 20.2 Å². The molecule has 2 saturated carbocycles. The molecule has 1 aromatic rings. The van der Waals surface area contributed by atoms with E-state index in [2.05, 4.69) is 38.1 Å². The Morgan fingerprint density at radius 2 is 1.84 bits per heavy atom. The van der Waals surface area contributed by atoms with Gasteiger partial charge in [0, 0.05) is 0 Å². The van der Waals surface area contributed by atoms with E-state index in [0.717, 1.165) is 0 Å². The standard InChI is InChI=1S/C18H26O/c1-18(2)12-6-11-16(18)17(19)15-10-4-3-9-14(15)13-7-5-8-13/h3-4,9-10,13,16-17,19H,5-8,11-12H2,1-2H3. The predicted octanol–water partition coefficient (Wildman–Crippen LogP) is 4.81. The van der Waals surface area contributed by atoms with Crippen molar-refractivity contribution in [3.63, 3.8) is 0 Å². The van der Waals surface area contributed by atoms with Gasteiger partial charge in [-0.25, -0.2) is 0 Å². The highest BCUT2D eigenvalue weighted by molar-refractivity contribution is 5.34. The van der Waals surface area contributed by atoms with Crippen LogP contribution in [0.1, 0.15) is 75.5 Å². The molecule has 104 valence electrons. The molecular weight excluding hydrogens is 232 g/mol. The van der Waals surface area contributed by atoms with E-state index in [4.69, 9.17) is 0 Å².